The third kappa shape index (κ3) is 10.3. The summed E-state index contributed by atoms with van der Waals surface area (Å²) < 4.78 is 37.4. The fourth-order valence-electron chi connectivity index (χ4n) is 1.70. The minimum atomic E-state index is -0.428. The van der Waals surface area contributed by atoms with Gasteiger partial charge in [0.2, 0.25) is 11.9 Å². The van der Waals surface area contributed by atoms with Crippen LogP contribution in [0.25, 0.3) is 0 Å². The smallest absolute Gasteiger partial charge is 0.219 e. The Morgan fingerprint density at radius 2 is 1.28 bits per heavy atom. The van der Waals surface area contributed by atoms with Crippen molar-refractivity contribution in [1.82, 2.24) is 19.9 Å². The molecule has 0 bridgehead atoms. The second kappa shape index (κ2) is 13.4. The molecule has 0 atom stereocenters. The van der Waals surface area contributed by atoms with E-state index in [0.717, 1.165) is 11.3 Å². The first-order chi connectivity index (χ1) is 12.6. The molecule has 29 heavy (non-hydrogen) atoms. The molecular weight excluding hydrogens is 377 g/mol. The van der Waals surface area contributed by atoms with Crippen molar-refractivity contribution in [3.63, 3.8) is 0 Å². The van der Waals surface area contributed by atoms with Gasteiger partial charge in [0.1, 0.15) is 11.6 Å². The molecule has 0 saturated carbocycles. The second-order valence-corrected chi connectivity index (χ2v) is 6.03. The quantitative estimate of drug-likeness (QED) is 0.329. The van der Waals surface area contributed by atoms with E-state index in [2.05, 4.69) is 19.9 Å². The van der Waals surface area contributed by atoms with E-state index in [0.29, 0.717) is 22.6 Å². The number of aryl methyl sites for hydroxylation is 6. The third-order valence-electron chi connectivity index (χ3n) is 3.37. The van der Waals surface area contributed by atoms with Crippen LogP contribution in [0.1, 0.15) is 48.8 Å². The van der Waals surface area contributed by atoms with Gasteiger partial charge in [-0.2, -0.15) is 8.78 Å². The molecule has 0 saturated heterocycles. The van der Waals surface area contributed by atoms with Crippen molar-refractivity contribution < 1.29 is 13.2 Å². The van der Waals surface area contributed by atoms with Crippen molar-refractivity contribution in [3.05, 3.63) is 82.2 Å². The molecular formula is C22H31F3N4. The maximum Gasteiger partial charge on any atom is 0.219 e. The van der Waals surface area contributed by atoms with Crippen LogP contribution in [0, 0.1) is 59.3 Å². The molecule has 7 heteroatoms. The average Bonchev–Trinajstić information content (AvgIpc) is 2.60. The highest BCUT2D eigenvalue weighted by Crippen LogP contribution is 2.03. The predicted molar refractivity (Wildman–Crippen MR) is 112 cm³/mol. The summed E-state index contributed by atoms with van der Waals surface area (Å²) in [6.07, 6.45) is 3.12. The fourth-order valence-corrected chi connectivity index (χ4v) is 1.70. The van der Waals surface area contributed by atoms with Gasteiger partial charge in [-0.25, -0.2) is 19.3 Å². The highest BCUT2D eigenvalue weighted by Gasteiger charge is 1.97. The molecule has 160 valence electrons. The monoisotopic (exact) mass is 408 g/mol. The summed E-state index contributed by atoms with van der Waals surface area (Å²) in [4.78, 5) is 14.7. The summed E-state index contributed by atoms with van der Waals surface area (Å²) in [7, 11) is 0. The first kappa shape index (κ1) is 28.4. The van der Waals surface area contributed by atoms with Crippen LogP contribution >= 0.6 is 0 Å². The molecule has 3 rings (SSSR count). The zero-order valence-corrected chi connectivity index (χ0v) is 16.3. The number of aromatic nitrogens is 4. The van der Waals surface area contributed by atoms with Crippen LogP contribution in [-0.2, 0) is 0 Å². The molecule has 0 radical (unpaired) electrons. The molecule has 4 nitrogen and oxygen atoms in total. The van der Waals surface area contributed by atoms with Crippen LogP contribution in [0.2, 0.25) is 0 Å². The van der Waals surface area contributed by atoms with Gasteiger partial charge in [-0.1, -0.05) is 20.9 Å². The van der Waals surface area contributed by atoms with Crippen molar-refractivity contribution in [2.24, 2.45) is 0 Å². The van der Waals surface area contributed by atoms with Gasteiger partial charge in [0.15, 0.2) is 0 Å². The maximum absolute atomic E-state index is 12.5. The Bertz CT molecular complexity index is 782. The van der Waals surface area contributed by atoms with Crippen molar-refractivity contribution >= 4 is 0 Å². The van der Waals surface area contributed by atoms with Gasteiger partial charge in [0.05, 0.1) is 5.69 Å². The van der Waals surface area contributed by atoms with Gasteiger partial charge >= 0.3 is 0 Å². The lowest BCUT2D eigenvalue weighted by molar-refractivity contribution is 0.564. The van der Waals surface area contributed by atoms with Crippen LogP contribution in [-0.4, -0.2) is 19.9 Å². The number of rotatable bonds is 0. The summed E-state index contributed by atoms with van der Waals surface area (Å²) >= 11 is 0. The molecule has 0 amide bonds. The van der Waals surface area contributed by atoms with E-state index in [-0.39, 0.29) is 26.6 Å². The second-order valence-electron chi connectivity index (χ2n) is 6.03. The van der Waals surface area contributed by atoms with Gasteiger partial charge in [0, 0.05) is 29.2 Å². The fraction of sp³-hybridized carbons (Fsp3) is 0.364. The Kier molecular flexibility index (Phi) is 13.1. The molecule has 0 fully saturated rings. The van der Waals surface area contributed by atoms with Crippen molar-refractivity contribution in [1.29, 1.82) is 0 Å². The number of nitrogens with zero attached hydrogens (tertiary/aromatic N) is 4. The maximum atomic E-state index is 12.5. The molecule has 3 aromatic heterocycles. The van der Waals surface area contributed by atoms with E-state index in [1.807, 2.05) is 6.92 Å². The molecule has 0 spiro atoms. The number of hydrogen-bond donors (Lipinski definition) is 0. The molecule has 0 N–H and O–H groups in total. The molecule has 0 aromatic carbocycles. The number of halogens is 3. The summed E-state index contributed by atoms with van der Waals surface area (Å²) in [5.74, 6) is -0.550. The van der Waals surface area contributed by atoms with Crippen LogP contribution in [0.15, 0.2) is 30.6 Å². The van der Waals surface area contributed by atoms with Crippen molar-refractivity contribution in [3.8, 4) is 0 Å². The van der Waals surface area contributed by atoms with Crippen LogP contribution < -0.4 is 0 Å². The highest BCUT2D eigenvalue weighted by atomic mass is 19.1. The lowest BCUT2D eigenvalue weighted by Crippen LogP contribution is -1.93. The van der Waals surface area contributed by atoms with Crippen LogP contribution in [0.5, 0.6) is 0 Å². The lowest BCUT2D eigenvalue weighted by atomic mass is 10.3. The Balaban J connectivity index is 0. The zero-order valence-electron chi connectivity index (χ0n) is 16.3. The Labute approximate surface area is 172 Å². The largest absolute Gasteiger partial charge is 0.258 e. The molecule has 0 aliphatic heterocycles. The third-order valence-corrected chi connectivity index (χ3v) is 3.37. The van der Waals surface area contributed by atoms with Gasteiger partial charge in [0.25, 0.3) is 0 Å². The van der Waals surface area contributed by atoms with E-state index in [9.17, 15) is 13.2 Å². The normalized spacial score (nSPS) is 9.00. The first-order valence-electron chi connectivity index (χ1n) is 8.24. The topological polar surface area (TPSA) is 51.6 Å². The van der Waals surface area contributed by atoms with Gasteiger partial charge in [-0.15, -0.1) is 0 Å². The molecule has 3 aromatic rings. The highest BCUT2D eigenvalue weighted by molar-refractivity contribution is 5.13. The lowest BCUT2D eigenvalue weighted by Gasteiger charge is -1.93. The molecule has 0 aliphatic rings. The van der Waals surface area contributed by atoms with Crippen LogP contribution in [0.4, 0.5) is 13.2 Å². The minimum Gasteiger partial charge on any atom is -0.258 e. The summed E-state index contributed by atoms with van der Waals surface area (Å²) in [5, 5.41) is 0. The number of hydrogen-bond acceptors (Lipinski definition) is 4. The standard InChI is InChI=1S/2C7H8FN.C6H7FN2.2CH4/c1-5-3-7(8)6(2)9-4-5;1-5-3-4-6(2)9-7(5)8;1-4-3-8-5(2)9-6(4)7;;/h2*3-4H,1-2H3;3H,1-2H3;2*1H4. The Morgan fingerprint density at radius 3 is 1.69 bits per heavy atom. The minimum absolute atomic E-state index is 0. The molecule has 3 heterocycles. The average molecular weight is 409 g/mol. The van der Waals surface area contributed by atoms with E-state index < -0.39 is 5.95 Å². The zero-order chi connectivity index (χ0) is 20.6. The van der Waals surface area contributed by atoms with Crippen LogP contribution in [0.3, 0.4) is 0 Å². The van der Waals surface area contributed by atoms with Gasteiger partial charge < -0.3 is 0 Å². The van der Waals surface area contributed by atoms with E-state index in [1.165, 1.54) is 12.3 Å². The predicted octanol–water partition coefficient (Wildman–Crippen LogP) is 6.18. The van der Waals surface area contributed by atoms with E-state index in [1.54, 1.807) is 52.9 Å². The van der Waals surface area contributed by atoms with Crippen molar-refractivity contribution in [2.45, 2.75) is 56.4 Å². The summed E-state index contributed by atoms with van der Waals surface area (Å²) in [6.45, 7) is 10.2. The first-order valence-corrected chi connectivity index (χ1v) is 8.24. The SMILES string of the molecule is C.C.Cc1ccc(C)c(F)n1.Cc1cnc(C)c(F)c1.Cc1ncc(C)c(F)n1. The van der Waals surface area contributed by atoms with Crippen molar-refractivity contribution in [2.75, 3.05) is 0 Å². The summed E-state index contributed by atoms with van der Waals surface area (Å²) in [5.41, 5.74) is 3.12. The van der Waals surface area contributed by atoms with Gasteiger partial charge in [-0.3, -0.25) is 4.98 Å². The summed E-state index contributed by atoms with van der Waals surface area (Å²) in [6, 6.07) is 4.98. The number of pyridine rings is 2. The van der Waals surface area contributed by atoms with E-state index in [4.69, 9.17) is 0 Å². The Morgan fingerprint density at radius 1 is 0.690 bits per heavy atom. The van der Waals surface area contributed by atoms with Gasteiger partial charge in [-0.05, 0) is 59.2 Å². The molecule has 0 unspecified atom stereocenters. The Hall–Kier alpha value is -2.83. The molecule has 0 aliphatic carbocycles. The van der Waals surface area contributed by atoms with E-state index >= 15 is 0 Å².